The van der Waals surface area contributed by atoms with Crippen molar-refractivity contribution in [1.82, 2.24) is 5.32 Å². The maximum atomic E-state index is 13.0. The molecule has 0 rings (SSSR count). The number of aliphatic hydroxyl groups is 2. The summed E-state index contributed by atoms with van der Waals surface area (Å²) in [4.78, 5) is 23.3. The third kappa shape index (κ3) is 45.1. The zero-order chi connectivity index (χ0) is 46.5. The molecule has 0 heterocycles. The minimum atomic E-state index is -4.42. The number of phosphoric acid groups is 1. The van der Waals surface area contributed by atoms with Crippen LogP contribution in [0.5, 0.6) is 0 Å². The van der Waals surface area contributed by atoms with Crippen LogP contribution in [0.3, 0.4) is 0 Å². The van der Waals surface area contributed by atoms with Crippen molar-refractivity contribution in [2.75, 3.05) is 40.9 Å². The third-order valence-corrected chi connectivity index (χ3v) is 12.4. The van der Waals surface area contributed by atoms with Gasteiger partial charge in [0.15, 0.2) is 0 Å². The molecule has 0 aromatic rings. The van der Waals surface area contributed by atoms with Crippen molar-refractivity contribution in [1.29, 1.82) is 0 Å². The first kappa shape index (κ1) is 61.2. The van der Waals surface area contributed by atoms with E-state index in [1.54, 1.807) is 0 Å². The Hall–Kier alpha value is -1.84. The highest BCUT2D eigenvalue weighted by Crippen LogP contribution is 2.43. The number of nitrogens with zero attached hydrogens (tertiary/aromatic N) is 1. The van der Waals surface area contributed by atoms with E-state index in [0.717, 1.165) is 77.0 Å². The number of aliphatic hydroxyl groups excluding tert-OH is 2. The SMILES string of the molecule is CC/C=C\C/C=C\C/C=C\C/C=C\C/C=C\CCCCCCCCCCCCCC(=O)NC(COP(=O)(O)OCC[N+](C)(C)C)C(O)C(O)CCCCCCCCCCCCCC. The predicted octanol–water partition coefficient (Wildman–Crippen LogP) is 13.9. The van der Waals surface area contributed by atoms with Crippen molar-refractivity contribution in [3.05, 3.63) is 60.8 Å². The summed E-state index contributed by atoms with van der Waals surface area (Å²) < 4.78 is 23.6. The molecule has 0 saturated carbocycles. The number of phosphoric ester groups is 1. The fraction of sp³-hybridized carbons (Fsp3) is 0.792. The maximum Gasteiger partial charge on any atom is 0.472 e. The fourth-order valence-electron chi connectivity index (χ4n) is 7.29. The van der Waals surface area contributed by atoms with Crippen LogP contribution in [0.15, 0.2) is 60.8 Å². The summed E-state index contributed by atoms with van der Waals surface area (Å²) in [5, 5.41) is 24.8. The van der Waals surface area contributed by atoms with E-state index in [2.05, 4.69) is 79.9 Å². The van der Waals surface area contributed by atoms with Gasteiger partial charge in [-0.15, -0.1) is 0 Å². The summed E-state index contributed by atoms with van der Waals surface area (Å²) in [6.07, 6.45) is 54.3. The smallest absolute Gasteiger partial charge is 0.390 e. The number of quaternary nitrogens is 1. The Bertz CT molecular complexity index is 1230. The van der Waals surface area contributed by atoms with E-state index in [0.29, 0.717) is 17.4 Å². The highest BCUT2D eigenvalue weighted by Gasteiger charge is 2.31. The molecule has 9 nitrogen and oxygen atoms in total. The number of hydrogen-bond acceptors (Lipinski definition) is 6. The average molecular weight is 908 g/mol. The van der Waals surface area contributed by atoms with Crippen molar-refractivity contribution < 1.29 is 38.0 Å². The van der Waals surface area contributed by atoms with Crippen LogP contribution < -0.4 is 5.32 Å². The number of unbranched alkanes of at least 4 members (excludes halogenated alkanes) is 22. The van der Waals surface area contributed by atoms with Gasteiger partial charge >= 0.3 is 7.82 Å². The van der Waals surface area contributed by atoms with Crippen molar-refractivity contribution in [2.45, 2.75) is 231 Å². The predicted molar refractivity (Wildman–Crippen MR) is 269 cm³/mol. The van der Waals surface area contributed by atoms with Crippen molar-refractivity contribution in [3.63, 3.8) is 0 Å². The number of nitrogens with one attached hydrogen (secondary N) is 1. The van der Waals surface area contributed by atoms with Gasteiger partial charge < -0.3 is 24.9 Å². The van der Waals surface area contributed by atoms with Crippen molar-refractivity contribution in [2.24, 2.45) is 0 Å². The summed E-state index contributed by atoms with van der Waals surface area (Å²) in [5.41, 5.74) is 0. The summed E-state index contributed by atoms with van der Waals surface area (Å²) in [7, 11) is 1.43. The van der Waals surface area contributed by atoms with E-state index >= 15 is 0 Å². The van der Waals surface area contributed by atoms with Crippen molar-refractivity contribution >= 4 is 13.7 Å². The Morgan fingerprint density at radius 2 is 0.984 bits per heavy atom. The van der Waals surface area contributed by atoms with Gasteiger partial charge in [-0.05, 0) is 57.8 Å². The molecule has 0 radical (unpaired) electrons. The van der Waals surface area contributed by atoms with Crippen LogP contribution in [-0.2, 0) is 18.4 Å². The minimum Gasteiger partial charge on any atom is -0.390 e. The molecule has 0 aliphatic carbocycles. The Labute approximate surface area is 388 Å². The lowest BCUT2D eigenvalue weighted by Gasteiger charge is -2.28. The second-order valence-corrected chi connectivity index (χ2v) is 20.1. The molecule has 0 fully saturated rings. The molecular weight excluding hydrogens is 808 g/mol. The van der Waals surface area contributed by atoms with Crippen LogP contribution in [-0.4, -0.2) is 84.6 Å². The fourth-order valence-corrected chi connectivity index (χ4v) is 8.02. The largest absolute Gasteiger partial charge is 0.472 e. The highest BCUT2D eigenvalue weighted by atomic mass is 31.2. The molecule has 4 N–H and O–H groups in total. The Kier molecular flexibility index (Phi) is 42.7. The standard InChI is InChI=1S/C53H99N2O7P/c1-6-8-10-12-14-16-18-20-21-22-23-24-25-26-27-28-29-30-31-32-33-34-36-38-40-42-44-46-52(57)54-50(49-62-63(59,60)61-48-47-55(3,4)5)53(58)51(56)45-43-41-39-37-35-19-17-15-13-11-9-7-2/h8,10,14,16,20-21,23-24,26-27,50-51,53,56,58H,6-7,9,11-13,15,17-19,22,25,28-49H2,1-5H3,(H-,54,57,59,60)/p+1/b10-8-,16-14-,21-20-,24-23-,27-26-. The summed E-state index contributed by atoms with van der Waals surface area (Å²) in [6, 6.07) is -1.04. The van der Waals surface area contributed by atoms with Crippen LogP contribution in [0.25, 0.3) is 0 Å². The van der Waals surface area contributed by atoms with E-state index in [-0.39, 0.29) is 18.9 Å². The van der Waals surface area contributed by atoms with Crippen LogP contribution >= 0.6 is 7.82 Å². The number of amides is 1. The first-order chi connectivity index (χ1) is 30.4. The maximum absolute atomic E-state index is 13.0. The first-order valence-corrected chi connectivity index (χ1v) is 27.2. The lowest BCUT2D eigenvalue weighted by molar-refractivity contribution is -0.870. The number of carbonyl (C=O) groups is 1. The molecule has 10 heteroatoms. The lowest BCUT2D eigenvalue weighted by atomic mass is 9.99. The number of carbonyl (C=O) groups excluding carboxylic acids is 1. The van der Waals surface area contributed by atoms with Gasteiger partial charge in [0, 0.05) is 6.42 Å². The topological polar surface area (TPSA) is 125 Å². The molecule has 0 aromatic carbocycles. The molecule has 0 aliphatic rings. The third-order valence-electron chi connectivity index (χ3n) is 11.4. The van der Waals surface area contributed by atoms with Gasteiger partial charge in [0.1, 0.15) is 19.3 Å². The van der Waals surface area contributed by atoms with Gasteiger partial charge in [-0.25, -0.2) is 4.57 Å². The quantitative estimate of drug-likeness (QED) is 0.0207. The monoisotopic (exact) mass is 908 g/mol. The average Bonchev–Trinajstić information content (AvgIpc) is 3.24. The summed E-state index contributed by atoms with van der Waals surface area (Å²) in [6.45, 7) is 4.49. The Morgan fingerprint density at radius 3 is 1.44 bits per heavy atom. The number of hydrogen-bond donors (Lipinski definition) is 4. The zero-order valence-electron chi connectivity index (χ0n) is 41.4. The highest BCUT2D eigenvalue weighted by molar-refractivity contribution is 7.47. The number of rotatable bonds is 46. The van der Waals surface area contributed by atoms with Gasteiger partial charge in [-0.2, -0.15) is 0 Å². The van der Waals surface area contributed by atoms with Crippen LogP contribution in [0, 0.1) is 0 Å². The molecule has 0 aliphatic heterocycles. The molecule has 0 bridgehead atoms. The molecule has 0 aromatic heterocycles. The van der Waals surface area contributed by atoms with E-state index in [1.165, 1.54) is 109 Å². The van der Waals surface area contributed by atoms with Gasteiger partial charge in [-0.1, -0.05) is 209 Å². The normalized spacial score (nSPS) is 15.1. The Balaban J connectivity index is 4.28. The summed E-state index contributed by atoms with van der Waals surface area (Å²) in [5.74, 6) is -0.264. The molecule has 0 spiro atoms. The van der Waals surface area contributed by atoms with Gasteiger partial charge in [0.2, 0.25) is 5.91 Å². The second-order valence-electron chi connectivity index (χ2n) is 18.7. The number of likely N-dealkylation sites (N-methyl/N-ethyl adjacent to an activating group) is 1. The summed E-state index contributed by atoms with van der Waals surface area (Å²) >= 11 is 0. The van der Waals surface area contributed by atoms with Crippen LogP contribution in [0.2, 0.25) is 0 Å². The van der Waals surface area contributed by atoms with Crippen molar-refractivity contribution in [3.8, 4) is 0 Å². The van der Waals surface area contributed by atoms with Gasteiger partial charge in [-0.3, -0.25) is 13.8 Å². The van der Waals surface area contributed by atoms with Gasteiger partial charge in [0.25, 0.3) is 0 Å². The first-order valence-electron chi connectivity index (χ1n) is 25.7. The van der Waals surface area contributed by atoms with Crippen LogP contribution in [0.4, 0.5) is 0 Å². The Morgan fingerprint density at radius 1 is 0.571 bits per heavy atom. The molecule has 368 valence electrons. The van der Waals surface area contributed by atoms with Crippen LogP contribution in [0.1, 0.15) is 213 Å². The zero-order valence-corrected chi connectivity index (χ0v) is 42.3. The van der Waals surface area contributed by atoms with E-state index in [1.807, 2.05) is 21.1 Å². The molecule has 4 unspecified atom stereocenters. The second kappa shape index (κ2) is 44.0. The van der Waals surface area contributed by atoms with E-state index in [9.17, 15) is 24.5 Å². The van der Waals surface area contributed by atoms with E-state index < -0.39 is 32.7 Å². The molecule has 4 atom stereocenters. The van der Waals surface area contributed by atoms with E-state index in [4.69, 9.17) is 9.05 Å². The minimum absolute atomic E-state index is 0.0193. The molecule has 0 saturated heterocycles. The number of allylic oxidation sites excluding steroid dienone is 10. The lowest BCUT2D eigenvalue weighted by Crippen LogP contribution is -2.51. The molecular formula is C53H100N2O7P+. The van der Waals surface area contributed by atoms with Gasteiger partial charge in [0.05, 0.1) is 39.9 Å². The molecule has 63 heavy (non-hydrogen) atoms. The molecule has 1 amide bonds.